The molecule has 1 aliphatic heterocycles. The molecule has 3 aromatic rings. The van der Waals surface area contributed by atoms with E-state index in [1.54, 1.807) is 13.3 Å². The highest BCUT2D eigenvalue weighted by molar-refractivity contribution is 7.80. The van der Waals surface area contributed by atoms with E-state index in [0.29, 0.717) is 18.2 Å². The largest absolute Gasteiger partial charge is 0.497 e. The summed E-state index contributed by atoms with van der Waals surface area (Å²) in [6.07, 6.45) is 1.79. The molecule has 0 radical (unpaired) electrons. The molecule has 0 saturated carbocycles. The maximum absolute atomic E-state index is 5.72. The summed E-state index contributed by atoms with van der Waals surface area (Å²) in [7, 11) is 1.65. The van der Waals surface area contributed by atoms with Gasteiger partial charge in [-0.3, -0.25) is 4.98 Å². The van der Waals surface area contributed by atoms with Gasteiger partial charge in [0.2, 0.25) is 6.79 Å². The molecule has 6 nitrogen and oxygen atoms in total. The number of rotatable bonds is 6. The number of nitrogens with zero attached hydrogens (tertiary/aromatic N) is 2. The maximum Gasteiger partial charge on any atom is 0.231 e. The lowest BCUT2D eigenvalue weighted by Crippen LogP contribution is -2.34. The molecule has 0 atom stereocenters. The molecule has 4 rings (SSSR count). The Labute approximate surface area is 175 Å². The Morgan fingerprint density at radius 1 is 1.07 bits per heavy atom. The van der Waals surface area contributed by atoms with Crippen molar-refractivity contribution < 1.29 is 14.2 Å². The second kappa shape index (κ2) is 8.79. The third-order valence-electron chi connectivity index (χ3n) is 4.52. The number of methoxy groups -OCH3 is 1. The van der Waals surface area contributed by atoms with Crippen molar-refractivity contribution in [2.75, 3.05) is 19.2 Å². The van der Waals surface area contributed by atoms with Gasteiger partial charge in [-0.2, -0.15) is 0 Å². The Morgan fingerprint density at radius 2 is 1.90 bits per heavy atom. The molecule has 7 heteroatoms. The van der Waals surface area contributed by atoms with E-state index in [1.807, 2.05) is 60.7 Å². The van der Waals surface area contributed by atoms with Gasteiger partial charge >= 0.3 is 0 Å². The van der Waals surface area contributed by atoms with E-state index in [9.17, 15) is 0 Å². The molecule has 1 aromatic heterocycles. The lowest BCUT2D eigenvalue weighted by atomic mass is 10.2. The molecule has 2 heterocycles. The zero-order chi connectivity index (χ0) is 20.1. The quantitative estimate of drug-likeness (QED) is 0.614. The average Bonchev–Trinajstić information content (AvgIpc) is 3.22. The summed E-state index contributed by atoms with van der Waals surface area (Å²) >= 11 is 5.72. The number of anilines is 1. The van der Waals surface area contributed by atoms with Gasteiger partial charge < -0.3 is 24.4 Å². The number of ether oxygens (including phenoxy) is 3. The monoisotopic (exact) mass is 407 g/mol. The number of aromatic nitrogens is 1. The smallest absolute Gasteiger partial charge is 0.231 e. The fourth-order valence-electron chi connectivity index (χ4n) is 3.02. The number of pyridine rings is 1. The second-order valence-electron chi connectivity index (χ2n) is 6.52. The fourth-order valence-corrected chi connectivity index (χ4v) is 3.27. The minimum atomic E-state index is 0.258. The van der Waals surface area contributed by atoms with Crippen molar-refractivity contribution in [2.24, 2.45) is 0 Å². The van der Waals surface area contributed by atoms with Gasteiger partial charge in [-0.05, 0) is 66.3 Å². The topological polar surface area (TPSA) is 55.9 Å². The highest BCUT2D eigenvalue weighted by atomic mass is 32.1. The first-order valence-electron chi connectivity index (χ1n) is 9.20. The molecule has 0 amide bonds. The van der Waals surface area contributed by atoms with Crippen LogP contribution in [0.3, 0.4) is 0 Å². The van der Waals surface area contributed by atoms with Crippen LogP contribution in [-0.2, 0) is 13.1 Å². The minimum Gasteiger partial charge on any atom is -0.497 e. The van der Waals surface area contributed by atoms with Crippen molar-refractivity contribution in [3.8, 4) is 17.2 Å². The predicted molar refractivity (Wildman–Crippen MR) is 115 cm³/mol. The molecule has 148 valence electrons. The van der Waals surface area contributed by atoms with Gasteiger partial charge in [0.05, 0.1) is 19.3 Å². The van der Waals surface area contributed by atoms with Crippen LogP contribution in [0.2, 0.25) is 0 Å². The third-order valence-corrected chi connectivity index (χ3v) is 4.88. The van der Waals surface area contributed by atoms with Gasteiger partial charge in [-0.25, -0.2) is 0 Å². The number of thiocarbonyl (C=S) groups is 1. The van der Waals surface area contributed by atoms with E-state index in [0.717, 1.165) is 34.2 Å². The van der Waals surface area contributed by atoms with E-state index < -0.39 is 0 Å². The number of nitrogens with one attached hydrogen (secondary N) is 1. The van der Waals surface area contributed by atoms with Crippen LogP contribution in [0.5, 0.6) is 17.2 Å². The molecule has 1 N–H and O–H groups in total. The molecule has 0 saturated heterocycles. The lowest BCUT2D eigenvalue weighted by Gasteiger charge is -2.26. The van der Waals surface area contributed by atoms with Crippen LogP contribution in [0.15, 0.2) is 66.9 Å². The molecule has 1 aliphatic rings. The van der Waals surface area contributed by atoms with Gasteiger partial charge in [0, 0.05) is 18.4 Å². The summed E-state index contributed by atoms with van der Waals surface area (Å²) in [5.74, 6) is 2.32. The van der Waals surface area contributed by atoms with Gasteiger partial charge in [0.1, 0.15) is 5.75 Å². The average molecular weight is 407 g/mol. The molecule has 0 unspecified atom stereocenters. The number of hydrogen-bond acceptors (Lipinski definition) is 5. The highest BCUT2D eigenvalue weighted by Crippen LogP contribution is 2.33. The summed E-state index contributed by atoms with van der Waals surface area (Å²) in [6, 6.07) is 19.5. The Morgan fingerprint density at radius 3 is 2.66 bits per heavy atom. The van der Waals surface area contributed by atoms with Crippen LogP contribution in [0.25, 0.3) is 0 Å². The van der Waals surface area contributed by atoms with E-state index in [1.165, 1.54) is 0 Å². The fraction of sp³-hybridized carbons (Fsp3) is 0.182. The van der Waals surface area contributed by atoms with E-state index >= 15 is 0 Å². The van der Waals surface area contributed by atoms with Crippen molar-refractivity contribution in [1.82, 2.24) is 9.88 Å². The first-order chi connectivity index (χ1) is 14.2. The highest BCUT2D eigenvalue weighted by Gasteiger charge is 2.17. The summed E-state index contributed by atoms with van der Waals surface area (Å²) in [5, 5.41) is 3.91. The summed E-state index contributed by atoms with van der Waals surface area (Å²) in [6.45, 7) is 1.44. The van der Waals surface area contributed by atoms with E-state index in [2.05, 4.69) is 15.2 Å². The Balaban J connectivity index is 1.52. The number of benzene rings is 2. The zero-order valence-corrected chi connectivity index (χ0v) is 16.8. The van der Waals surface area contributed by atoms with E-state index in [4.69, 9.17) is 26.4 Å². The van der Waals surface area contributed by atoms with Crippen LogP contribution in [0.1, 0.15) is 11.3 Å². The van der Waals surface area contributed by atoms with Crippen molar-refractivity contribution in [2.45, 2.75) is 13.1 Å². The predicted octanol–water partition coefficient (Wildman–Crippen LogP) is 4.22. The van der Waals surface area contributed by atoms with Gasteiger partial charge in [0.15, 0.2) is 16.6 Å². The molecule has 0 spiro atoms. The Kier molecular flexibility index (Phi) is 5.76. The Bertz CT molecular complexity index is 980. The normalized spacial score (nSPS) is 11.8. The lowest BCUT2D eigenvalue weighted by molar-refractivity contribution is 0.174. The molecule has 0 bridgehead atoms. The third kappa shape index (κ3) is 4.75. The molecule has 2 aromatic carbocycles. The number of hydrogen-bond donors (Lipinski definition) is 1. The van der Waals surface area contributed by atoms with Gasteiger partial charge in [-0.1, -0.05) is 12.1 Å². The molecule has 29 heavy (non-hydrogen) atoms. The van der Waals surface area contributed by atoms with Crippen LogP contribution < -0.4 is 19.5 Å². The van der Waals surface area contributed by atoms with Crippen LogP contribution in [0, 0.1) is 0 Å². The van der Waals surface area contributed by atoms with Crippen molar-refractivity contribution in [1.29, 1.82) is 0 Å². The summed E-state index contributed by atoms with van der Waals surface area (Å²) in [4.78, 5) is 6.51. The summed E-state index contributed by atoms with van der Waals surface area (Å²) < 4.78 is 16.1. The van der Waals surface area contributed by atoms with Gasteiger partial charge in [0.25, 0.3) is 0 Å². The molecule has 0 fully saturated rings. The minimum absolute atomic E-state index is 0.258. The molecular weight excluding hydrogens is 386 g/mol. The van der Waals surface area contributed by atoms with Crippen molar-refractivity contribution in [3.05, 3.63) is 78.1 Å². The van der Waals surface area contributed by atoms with Crippen molar-refractivity contribution in [3.63, 3.8) is 0 Å². The molecular formula is C22H21N3O3S. The molecule has 0 aliphatic carbocycles. The van der Waals surface area contributed by atoms with Crippen LogP contribution in [-0.4, -0.2) is 28.9 Å². The Hall–Kier alpha value is -3.32. The maximum atomic E-state index is 5.72. The second-order valence-corrected chi connectivity index (χ2v) is 6.91. The van der Waals surface area contributed by atoms with E-state index in [-0.39, 0.29) is 6.79 Å². The van der Waals surface area contributed by atoms with Gasteiger partial charge in [-0.15, -0.1) is 0 Å². The zero-order valence-electron chi connectivity index (χ0n) is 16.0. The first kappa shape index (κ1) is 19.0. The van der Waals surface area contributed by atoms with Crippen LogP contribution in [0.4, 0.5) is 5.69 Å². The summed E-state index contributed by atoms with van der Waals surface area (Å²) in [5.41, 5.74) is 2.91. The first-order valence-corrected chi connectivity index (χ1v) is 9.60. The SMILES string of the molecule is COc1ccc(NC(=S)N(Cc2ccc3c(c2)OCO3)Cc2ccccn2)cc1. The van der Waals surface area contributed by atoms with Crippen molar-refractivity contribution >= 4 is 23.0 Å². The van der Waals surface area contributed by atoms with Crippen LogP contribution >= 0.6 is 12.2 Å². The number of fused-ring (bicyclic) bond motifs is 1. The standard InChI is InChI=1S/C22H21N3O3S/c1-26-19-8-6-17(7-9-19)24-22(29)25(14-18-4-2-3-11-23-18)13-16-5-10-20-21(12-16)28-15-27-20/h2-12H,13-15H2,1H3,(H,24,29).